The molecular weight excluding hydrogens is 352 g/mol. The number of pyridine rings is 1. The fourth-order valence-electron chi connectivity index (χ4n) is 2.74. The van der Waals surface area contributed by atoms with Gasteiger partial charge >= 0.3 is 0 Å². The largest absolute Gasteiger partial charge is 0.379 e. The standard InChI is InChI=1S/C19H23ClN4O2/c1-14-16(20)3-2-4-17(14)23-19(25)15-5-6-18(22-13-15)21-7-8-24-9-11-26-12-10-24/h2-6,13H,7-12H2,1H3,(H,21,22)(H,23,25). The molecule has 0 radical (unpaired) electrons. The Kier molecular flexibility index (Phi) is 6.44. The van der Waals surface area contributed by atoms with Crippen LogP contribution in [0.15, 0.2) is 36.5 Å². The van der Waals surface area contributed by atoms with Crippen molar-refractivity contribution in [3.63, 3.8) is 0 Å². The van der Waals surface area contributed by atoms with Crippen LogP contribution in [0.4, 0.5) is 11.5 Å². The number of nitrogens with zero attached hydrogens (tertiary/aromatic N) is 2. The van der Waals surface area contributed by atoms with Crippen LogP contribution in [-0.4, -0.2) is 55.2 Å². The van der Waals surface area contributed by atoms with Gasteiger partial charge in [-0.3, -0.25) is 9.69 Å². The van der Waals surface area contributed by atoms with Crippen molar-refractivity contribution in [3.8, 4) is 0 Å². The zero-order valence-electron chi connectivity index (χ0n) is 14.8. The molecule has 1 aliphatic rings. The van der Waals surface area contributed by atoms with Gasteiger partial charge in [-0.15, -0.1) is 0 Å². The molecule has 0 saturated carbocycles. The van der Waals surface area contributed by atoms with Crippen LogP contribution in [0.1, 0.15) is 15.9 Å². The molecule has 0 bridgehead atoms. The molecule has 2 aromatic rings. The van der Waals surface area contributed by atoms with Gasteiger partial charge in [0.05, 0.1) is 18.8 Å². The Hall–Kier alpha value is -2.15. The van der Waals surface area contributed by atoms with E-state index in [1.807, 2.05) is 25.1 Å². The van der Waals surface area contributed by atoms with E-state index in [4.69, 9.17) is 16.3 Å². The van der Waals surface area contributed by atoms with Crippen molar-refractivity contribution in [1.29, 1.82) is 0 Å². The highest BCUT2D eigenvalue weighted by atomic mass is 35.5. The fraction of sp³-hybridized carbons (Fsp3) is 0.368. The molecule has 1 aromatic carbocycles. The predicted molar refractivity (Wildman–Crippen MR) is 104 cm³/mol. The van der Waals surface area contributed by atoms with Crippen LogP contribution in [0.25, 0.3) is 0 Å². The average molecular weight is 375 g/mol. The monoisotopic (exact) mass is 374 g/mol. The van der Waals surface area contributed by atoms with Crippen LogP contribution in [0.3, 0.4) is 0 Å². The van der Waals surface area contributed by atoms with Gasteiger partial charge in [0.25, 0.3) is 5.91 Å². The third-order valence-corrected chi connectivity index (χ3v) is 4.79. The maximum absolute atomic E-state index is 12.4. The number of rotatable bonds is 6. The Bertz CT molecular complexity index is 746. The van der Waals surface area contributed by atoms with E-state index in [9.17, 15) is 4.79 Å². The molecule has 1 fully saturated rings. The second-order valence-corrected chi connectivity index (χ2v) is 6.59. The molecule has 138 valence electrons. The van der Waals surface area contributed by atoms with E-state index >= 15 is 0 Å². The summed E-state index contributed by atoms with van der Waals surface area (Å²) in [5.41, 5.74) is 2.05. The number of hydrogen-bond acceptors (Lipinski definition) is 5. The summed E-state index contributed by atoms with van der Waals surface area (Å²) >= 11 is 6.09. The van der Waals surface area contributed by atoms with Crippen molar-refractivity contribution >= 4 is 29.0 Å². The number of aromatic nitrogens is 1. The van der Waals surface area contributed by atoms with Crippen molar-refractivity contribution < 1.29 is 9.53 Å². The minimum atomic E-state index is -0.206. The number of hydrogen-bond donors (Lipinski definition) is 2. The number of nitrogens with one attached hydrogen (secondary N) is 2. The lowest BCUT2D eigenvalue weighted by molar-refractivity contribution is 0.0398. The minimum absolute atomic E-state index is 0.206. The van der Waals surface area contributed by atoms with Crippen LogP contribution in [-0.2, 0) is 4.74 Å². The van der Waals surface area contributed by atoms with Gasteiger partial charge in [0.1, 0.15) is 5.82 Å². The Labute approximate surface area is 158 Å². The van der Waals surface area contributed by atoms with Crippen LogP contribution in [0.2, 0.25) is 5.02 Å². The quantitative estimate of drug-likeness (QED) is 0.813. The Morgan fingerprint density at radius 1 is 1.27 bits per heavy atom. The fourth-order valence-corrected chi connectivity index (χ4v) is 2.91. The van der Waals surface area contributed by atoms with Gasteiger partial charge in [-0.05, 0) is 36.8 Å². The molecule has 0 atom stereocenters. The number of anilines is 2. The second kappa shape index (κ2) is 8.98. The van der Waals surface area contributed by atoms with Gasteiger partial charge in [0.15, 0.2) is 0 Å². The van der Waals surface area contributed by atoms with E-state index in [1.165, 1.54) is 0 Å². The number of carbonyl (C=O) groups excluding carboxylic acids is 1. The first-order valence-electron chi connectivity index (χ1n) is 8.70. The van der Waals surface area contributed by atoms with Crippen molar-refractivity contribution in [2.45, 2.75) is 6.92 Å². The summed E-state index contributed by atoms with van der Waals surface area (Å²) in [6.45, 7) is 7.16. The van der Waals surface area contributed by atoms with E-state index in [2.05, 4.69) is 20.5 Å². The van der Waals surface area contributed by atoms with Crippen LogP contribution in [0, 0.1) is 6.92 Å². The first kappa shape index (κ1) is 18.6. The van der Waals surface area contributed by atoms with Crippen molar-refractivity contribution in [2.24, 2.45) is 0 Å². The van der Waals surface area contributed by atoms with Crippen LogP contribution in [0.5, 0.6) is 0 Å². The van der Waals surface area contributed by atoms with Crippen molar-refractivity contribution in [2.75, 3.05) is 50.0 Å². The Balaban J connectivity index is 1.51. The lowest BCUT2D eigenvalue weighted by Crippen LogP contribution is -2.39. The van der Waals surface area contributed by atoms with Crippen LogP contribution < -0.4 is 10.6 Å². The number of amides is 1. The number of ether oxygens (including phenoxy) is 1. The van der Waals surface area contributed by atoms with Gasteiger partial charge in [0.2, 0.25) is 0 Å². The zero-order valence-corrected chi connectivity index (χ0v) is 15.6. The first-order chi connectivity index (χ1) is 12.6. The molecule has 2 N–H and O–H groups in total. The highest BCUT2D eigenvalue weighted by Gasteiger charge is 2.11. The normalized spacial score (nSPS) is 14.8. The number of carbonyl (C=O) groups is 1. The highest BCUT2D eigenvalue weighted by molar-refractivity contribution is 6.31. The molecule has 0 aliphatic carbocycles. The van der Waals surface area contributed by atoms with Crippen LogP contribution >= 0.6 is 11.6 Å². The average Bonchev–Trinajstić information content (AvgIpc) is 2.67. The second-order valence-electron chi connectivity index (χ2n) is 6.18. The molecule has 3 rings (SSSR count). The highest BCUT2D eigenvalue weighted by Crippen LogP contribution is 2.23. The molecule has 7 heteroatoms. The molecular formula is C19H23ClN4O2. The van der Waals surface area contributed by atoms with Crippen molar-refractivity contribution in [1.82, 2.24) is 9.88 Å². The molecule has 1 amide bonds. The maximum atomic E-state index is 12.4. The number of halogens is 1. The molecule has 6 nitrogen and oxygen atoms in total. The van der Waals surface area contributed by atoms with Gasteiger partial charge in [-0.25, -0.2) is 4.98 Å². The van der Waals surface area contributed by atoms with Gasteiger partial charge in [0, 0.05) is 43.1 Å². The zero-order chi connectivity index (χ0) is 18.4. The SMILES string of the molecule is Cc1c(Cl)cccc1NC(=O)c1ccc(NCCN2CCOCC2)nc1. The summed E-state index contributed by atoms with van der Waals surface area (Å²) in [6.07, 6.45) is 1.58. The molecule has 1 aromatic heterocycles. The van der Waals surface area contributed by atoms with E-state index in [1.54, 1.807) is 18.3 Å². The van der Waals surface area contributed by atoms with E-state index < -0.39 is 0 Å². The molecule has 26 heavy (non-hydrogen) atoms. The lowest BCUT2D eigenvalue weighted by atomic mass is 10.2. The molecule has 0 unspecified atom stereocenters. The first-order valence-corrected chi connectivity index (χ1v) is 9.08. The molecule has 1 saturated heterocycles. The lowest BCUT2D eigenvalue weighted by Gasteiger charge is -2.26. The third-order valence-electron chi connectivity index (χ3n) is 4.38. The summed E-state index contributed by atoms with van der Waals surface area (Å²) in [6, 6.07) is 9.02. The predicted octanol–water partition coefficient (Wildman–Crippen LogP) is 3.04. The minimum Gasteiger partial charge on any atom is -0.379 e. The molecule has 2 heterocycles. The third kappa shape index (κ3) is 4.94. The maximum Gasteiger partial charge on any atom is 0.257 e. The topological polar surface area (TPSA) is 66.5 Å². The summed E-state index contributed by atoms with van der Waals surface area (Å²) in [4.78, 5) is 19.1. The van der Waals surface area contributed by atoms with Crippen molar-refractivity contribution in [3.05, 3.63) is 52.7 Å². The number of benzene rings is 1. The summed E-state index contributed by atoms with van der Waals surface area (Å²) in [5.74, 6) is 0.552. The van der Waals surface area contributed by atoms with E-state index in [0.29, 0.717) is 16.3 Å². The Morgan fingerprint density at radius 2 is 2.08 bits per heavy atom. The molecule has 0 spiro atoms. The molecule has 1 aliphatic heterocycles. The van der Waals surface area contributed by atoms with Gasteiger partial charge < -0.3 is 15.4 Å². The summed E-state index contributed by atoms with van der Waals surface area (Å²) in [5, 5.41) is 6.78. The summed E-state index contributed by atoms with van der Waals surface area (Å²) in [7, 11) is 0. The van der Waals surface area contributed by atoms with Gasteiger partial charge in [-0.1, -0.05) is 17.7 Å². The number of morpholine rings is 1. The summed E-state index contributed by atoms with van der Waals surface area (Å²) < 4.78 is 5.34. The van der Waals surface area contributed by atoms with Gasteiger partial charge in [-0.2, -0.15) is 0 Å². The Morgan fingerprint density at radius 3 is 2.81 bits per heavy atom. The smallest absolute Gasteiger partial charge is 0.257 e. The van der Waals surface area contributed by atoms with E-state index in [0.717, 1.165) is 50.8 Å². The van der Waals surface area contributed by atoms with E-state index in [-0.39, 0.29) is 5.91 Å².